The Morgan fingerprint density at radius 2 is 1.73 bits per heavy atom. The number of benzene rings is 2. The van der Waals surface area contributed by atoms with Crippen molar-refractivity contribution in [2.45, 2.75) is 12.8 Å². The van der Waals surface area contributed by atoms with E-state index in [0.29, 0.717) is 23.5 Å². The molecular formula is C19H17NO4S2. The number of para-hydroxylation sites is 1. The summed E-state index contributed by atoms with van der Waals surface area (Å²) in [5, 5.41) is 11.5. The van der Waals surface area contributed by atoms with E-state index < -0.39 is 17.2 Å². The molecule has 134 valence electrons. The van der Waals surface area contributed by atoms with Crippen LogP contribution in [0.5, 0.6) is 0 Å². The molecule has 2 aromatic carbocycles. The zero-order valence-electron chi connectivity index (χ0n) is 13.7. The van der Waals surface area contributed by atoms with E-state index in [1.807, 2.05) is 35.7 Å². The van der Waals surface area contributed by atoms with Gasteiger partial charge in [-0.05, 0) is 59.7 Å². The fraction of sp³-hybridized carbons (Fsp3) is 0.105. The maximum atomic E-state index is 11.9. The van der Waals surface area contributed by atoms with Gasteiger partial charge in [0.2, 0.25) is 0 Å². The van der Waals surface area contributed by atoms with Crippen LogP contribution in [-0.2, 0) is 24.1 Å². The molecule has 0 spiro atoms. The fourth-order valence-electron chi connectivity index (χ4n) is 2.68. The molecular weight excluding hydrogens is 370 g/mol. The quantitative estimate of drug-likeness (QED) is 0.585. The van der Waals surface area contributed by atoms with Crippen LogP contribution in [0.1, 0.15) is 21.5 Å². The number of carboxylic acids is 1. The highest BCUT2D eigenvalue weighted by atomic mass is 32.2. The van der Waals surface area contributed by atoms with Crippen LogP contribution in [0.4, 0.5) is 10.7 Å². The van der Waals surface area contributed by atoms with Crippen molar-refractivity contribution in [1.82, 2.24) is 0 Å². The molecule has 3 aromatic rings. The van der Waals surface area contributed by atoms with E-state index in [1.165, 1.54) is 15.6 Å². The van der Waals surface area contributed by atoms with E-state index in [-0.39, 0.29) is 5.56 Å². The molecule has 0 radical (unpaired) electrons. The number of hydrogen-bond donors (Lipinski definition) is 2. The smallest absolute Gasteiger partial charge is 0.335 e. The van der Waals surface area contributed by atoms with Gasteiger partial charge in [-0.2, -0.15) is 0 Å². The Morgan fingerprint density at radius 3 is 2.35 bits per heavy atom. The van der Waals surface area contributed by atoms with Gasteiger partial charge in [-0.25, -0.2) is 13.3 Å². The lowest BCUT2D eigenvalue weighted by Crippen LogP contribution is -2.19. The molecule has 0 bridgehead atoms. The van der Waals surface area contributed by atoms with Crippen LogP contribution < -0.4 is 4.31 Å². The lowest BCUT2D eigenvalue weighted by atomic mass is 10.0. The SMILES string of the molecule is O=C(O)c1ccc(CCc2ccccc2N(c2cccs2)S(=O)O)cc1. The Kier molecular flexibility index (Phi) is 5.82. The number of nitrogens with zero attached hydrogens (tertiary/aromatic N) is 1. The number of carboxylic acid groups (broad SMARTS) is 1. The Bertz CT molecular complexity index is 908. The molecule has 0 aliphatic heterocycles. The van der Waals surface area contributed by atoms with Gasteiger partial charge in [0.15, 0.2) is 0 Å². The van der Waals surface area contributed by atoms with Crippen LogP contribution in [0.15, 0.2) is 66.0 Å². The summed E-state index contributed by atoms with van der Waals surface area (Å²) in [4.78, 5) is 10.9. The molecule has 3 rings (SSSR count). The minimum atomic E-state index is -2.17. The first kappa shape index (κ1) is 18.3. The van der Waals surface area contributed by atoms with Crippen molar-refractivity contribution in [3.05, 3.63) is 82.7 Å². The maximum absolute atomic E-state index is 11.9. The molecule has 1 aromatic heterocycles. The number of rotatable bonds is 7. The summed E-state index contributed by atoms with van der Waals surface area (Å²) < 4.78 is 23.1. The van der Waals surface area contributed by atoms with Gasteiger partial charge in [0.05, 0.1) is 11.3 Å². The third-order valence-corrected chi connectivity index (χ3v) is 5.63. The molecule has 1 unspecified atom stereocenters. The zero-order chi connectivity index (χ0) is 18.5. The average Bonchev–Trinajstić information content (AvgIpc) is 3.15. The minimum absolute atomic E-state index is 0.258. The van der Waals surface area contributed by atoms with E-state index in [9.17, 15) is 13.6 Å². The van der Waals surface area contributed by atoms with E-state index in [4.69, 9.17) is 5.11 Å². The predicted octanol–water partition coefficient (Wildman–Crippen LogP) is 4.51. The third kappa shape index (κ3) is 4.19. The molecule has 0 saturated heterocycles. The van der Waals surface area contributed by atoms with Gasteiger partial charge in [-0.1, -0.05) is 30.3 Å². The van der Waals surface area contributed by atoms with E-state index in [1.54, 1.807) is 30.3 Å². The van der Waals surface area contributed by atoms with E-state index in [2.05, 4.69) is 0 Å². The molecule has 1 atom stereocenters. The Hall–Kier alpha value is -2.48. The first-order chi connectivity index (χ1) is 12.6. The molecule has 0 aliphatic rings. The Balaban J connectivity index is 1.83. The number of thiophene rings is 1. The monoisotopic (exact) mass is 387 g/mol. The summed E-state index contributed by atoms with van der Waals surface area (Å²) in [6, 6.07) is 17.9. The number of aryl methyl sites for hydroxylation is 2. The highest BCUT2D eigenvalue weighted by Gasteiger charge is 2.19. The molecule has 0 saturated carbocycles. The molecule has 26 heavy (non-hydrogen) atoms. The van der Waals surface area contributed by atoms with E-state index in [0.717, 1.165) is 11.1 Å². The van der Waals surface area contributed by atoms with Crippen LogP contribution in [0.25, 0.3) is 0 Å². The van der Waals surface area contributed by atoms with Gasteiger partial charge in [0, 0.05) is 0 Å². The van der Waals surface area contributed by atoms with Crippen LogP contribution in [0.3, 0.4) is 0 Å². The molecule has 0 fully saturated rings. The van der Waals surface area contributed by atoms with Gasteiger partial charge in [-0.15, -0.1) is 11.3 Å². The minimum Gasteiger partial charge on any atom is -0.478 e. The first-order valence-corrected chi connectivity index (χ1v) is 9.85. The lowest BCUT2D eigenvalue weighted by Gasteiger charge is -2.21. The normalized spacial score (nSPS) is 11.9. The van der Waals surface area contributed by atoms with Crippen molar-refractivity contribution in [2.24, 2.45) is 0 Å². The molecule has 2 N–H and O–H groups in total. The van der Waals surface area contributed by atoms with Crippen LogP contribution >= 0.6 is 11.3 Å². The standard InChI is InChI=1S/C19H17NO4S2/c21-19(22)16-11-8-14(9-12-16)7-10-15-4-1-2-5-17(15)20(26(23)24)18-6-3-13-25-18/h1-6,8-9,11-13H,7,10H2,(H,21,22)(H,23,24). The number of aromatic carboxylic acids is 1. The van der Waals surface area contributed by atoms with Crippen molar-refractivity contribution >= 4 is 39.3 Å². The number of hydrogen-bond acceptors (Lipinski definition) is 3. The van der Waals surface area contributed by atoms with Crippen LogP contribution in [0, 0.1) is 0 Å². The highest BCUT2D eigenvalue weighted by molar-refractivity contribution is 7.81. The molecule has 1 heterocycles. The van der Waals surface area contributed by atoms with Gasteiger partial charge in [-0.3, -0.25) is 4.55 Å². The predicted molar refractivity (Wildman–Crippen MR) is 104 cm³/mol. The molecule has 5 nitrogen and oxygen atoms in total. The Morgan fingerprint density at radius 1 is 1.00 bits per heavy atom. The second-order valence-corrected chi connectivity index (χ2v) is 7.36. The van der Waals surface area contributed by atoms with Crippen molar-refractivity contribution in [1.29, 1.82) is 0 Å². The van der Waals surface area contributed by atoms with Crippen molar-refractivity contribution in [3.63, 3.8) is 0 Å². The summed E-state index contributed by atoms with van der Waals surface area (Å²) in [5.74, 6) is -0.945. The second kappa shape index (κ2) is 8.27. The van der Waals surface area contributed by atoms with Gasteiger partial charge >= 0.3 is 5.97 Å². The summed E-state index contributed by atoms with van der Waals surface area (Å²) in [6.45, 7) is 0. The van der Waals surface area contributed by atoms with E-state index >= 15 is 0 Å². The average molecular weight is 387 g/mol. The van der Waals surface area contributed by atoms with Crippen LogP contribution in [0.2, 0.25) is 0 Å². The first-order valence-electron chi connectivity index (χ1n) is 7.91. The van der Waals surface area contributed by atoms with Crippen molar-refractivity contribution in [3.8, 4) is 0 Å². The second-order valence-electron chi connectivity index (χ2n) is 5.61. The summed E-state index contributed by atoms with van der Waals surface area (Å²) in [5.41, 5.74) is 2.91. The summed E-state index contributed by atoms with van der Waals surface area (Å²) >= 11 is -0.773. The van der Waals surface area contributed by atoms with Gasteiger partial charge < -0.3 is 5.11 Å². The Labute approximate surface area is 158 Å². The number of anilines is 2. The van der Waals surface area contributed by atoms with Gasteiger partial charge in [0.1, 0.15) is 5.00 Å². The van der Waals surface area contributed by atoms with Gasteiger partial charge in [0.25, 0.3) is 11.3 Å². The molecule has 0 aliphatic carbocycles. The van der Waals surface area contributed by atoms with Crippen LogP contribution in [-0.4, -0.2) is 19.8 Å². The molecule has 7 heteroatoms. The molecule has 0 amide bonds. The zero-order valence-corrected chi connectivity index (χ0v) is 15.4. The fourth-order valence-corrected chi connectivity index (χ4v) is 4.21. The summed E-state index contributed by atoms with van der Waals surface area (Å²) in [7, 11) is 0. The third-order valence-electron chi connectivity index (χ3n) is 3.96. The maximum Gasteiger partial charge on any atom is 0.335 e. The number of carbonyl (C=O) groups is 1. The topological polar surface area (TPSA) is 77.8 Å². The van der Waals surface area contributed by atoms with Crippen molar-refractivity contribution < 1.29 is 18.7 Å². The largest absolute Gasteiger partial charge is 0.478 e. The highest BCUT2D eigenvalue weighted by Crippen LogP contribution is 2.33. The lowest BCUT2D eigenvalue weighted by molar-refractivity contribution is 0.0697. The van der Waals surface area contributed by atoms with Crippen molar-refractivity contribution in [2.75, 3.05) is 4.31 Å². The summed E-state index contributed by atoms with van der Waals surface area (Å²) in [6.07, 6.45) is 1.37.